The van der Waals surface area contributed by atoms with Crippen LogP contribution in [0.2, 0.25) is 0 Å². The summed E-state index contributed by atoms with van der Waals surface area (Å²) in [5.41, 5.74) is 3.73. The number of H-pyrrole nitrogens is 1. The molecule has 8 nitrogen and oxygen atoms in total. The highest BCUT2D eigenvalue weighted by Crippen LogP contribution is 2.23. The van der Waals surface area contributed by atoms with Gasteiger partial charge in [-0.05, 0) is 31.0 Å². The van der Waals surface area contributed by atoms with Gasteiger partial charge in [0.15, 0.2) is 0 Å². The van der Waals surface area contributed by atoms with E-state index < -0.39 is 0 Å². The first-order valence-corrected chi connectivity index (χ1v) is 10.0. The Hall–Kier alpha value is -3.13. The van der Waals surface area contributed by atoms with Crippen molar-refractivity contribution in [2.24, 2.45) is 0 Å². The molecule has 0 radical (unpaired) electrons. The molecule has 2 aliphatic rings. The van der Waals surface area contributed by atoms with Crippen LogP contribution in [0.1, 0.15) is 44.9 Å². The minimum Gasteiger partial charge on any atom is -0.376 e. The van der Waals surface area contributed by atoms with E-state index in [4.69, 9.17) is 4.74 Å². The molecule has 1 saturated heterocycles. The topological polar surface area (TPSA) is 91.7 Å². The highest BCUT2D eigenvalue weighted by molar-refractivity contribution is 5.97. The van der Waals surface area contributed by atoms with Gasteiger partial charge in [0.2, 0.25) is 0 Å². The molecule has 2 amide bonds. The van der Waals surface area contributed by atoms with Crippen LogP contribution in [-0.2, 0) is 17.7 Å². The largest absolute Gasteiger partial charge is 0.376 e. The van der Waals surface area contributed by atoms with E-state index in [0.29, 0.717) is 37.3 Å². The molecule has 0 bridgehead atoms. The summed E-state index contributed by atoms with van der Waals surface area (Å²) < 4.78 is 7.50. The van der Waals surface area contributed by atoms with E-state index in [2.05, 4.69) is 15.5 Å². The summed E-state index contributed by atoms with van der Waals surface area (Å²) in [6.45, 7) is 2.21. The Kier molecular flexibility index (Phi) is 4.55. The molecular weight excluding hydrogens is 370 g/mol. The minimum absolute atomic E-state index is 0.0359. The molecule has 2 N–H and O–H groups in total. The second-order valence-corrected chi connectivity index (χ2v) is 7.61. The molecule has 1 atom stereocenters. The molecular formula is C21H23N5O3. The van der Waals surface area contributed by atoms with Gasteiger partial charge >= 0.3 is 0 Å². The maximum atomic E-state index is 13.0. The Morgan fingerprint density at radius 3 is 3.10 bits per heavy atom. The van der Waals surface area contributed by atoms with Crippen LogP contribution >= 0.6 is 0 Å². The fraction of sp³-hybridized carbons (Fsp3) is 0.381. The lowest BCUT2D eigenvalue weighted by molar-refractivity contribution is 0.0730. The number of hydrogen-bond donors (Lipinski definition) is 2. The third-order valence-corrected chi connectivity index (χ3v) is 5.70. The fourth-order valence-corrected chi connectivity index (χ4v) is 4.11. The zero-order valence-electron chi connectivity index (χ0n) is 16.1. The van der Waals surface area contributed by atoms with Crippen molar-refractivity contribution in [3.63, 3.8) is 0 Å². The molecule has 0 aromatic carbocycles. The van der Waals surface area contributed by atoms with E-state index in [1.165, 1.54) is 0 Å². The van der Waals surface area contributed by atoms with Gasteiger partial charge < -0.3 is 19.4 Å². The van der Waals surface area contributed by atoms with Gasteiger partial charge in [0.1, 0.15) is 5.69 Å². The molecule has 0 aliphatic carbocycles. The summed E-state index contributed by atoms with van der Waals surface area (Å²) in [5.74, 6) is -0.232. The average Bonchev–Trinajstić information content (AvgIpc) is 3.50. The van der Waals surface area contributed by atoms with Crippen molar-refractivity contribution in [1.29, 1.82) is 0 Å². The highest BCUT2D eigenvalue weighted by atomic mass is 16.5. The number of nitrogens with one attached hydrogen (secondary N) is 2. The molecule has 1 unspecified atom stereocenters. The van der Waals surface area contributed by atoms with Gasteiger partial charge in [-0.1, -0.05) is 6.07 Å². The molecule has 2 aliphatic heterocycles. The van der Waals surface area contributed by atoms with Crippen LogP contribution in [-0.4, -0.2) is 57.1 Å². The SMILES string of the molecule is O=C(NCC1CCCO1)c1[nH]nc2c1CN(C(=O)c1cc3ccccn3c1)CC2. The number of fused-ring (bicyclic) bond motifs is 2. The number of pyridine rings is 1. The summed E-state index contributed by atoms with van der Waals surface area (Å²) in [6.07, 6.45) is 6.48. The zero-order chi connectivity index (χ0) is 19.8. The highest BCUT2D eigenvalue weighted by Gasteiger charge is 2.29. The van der Waals surface area contributed by atoms with Gasteiger partial charge in [-0.25, -0.2) is 0 Å². The van der Waals surface area contributed by atoms with Crippen molar-refractivity contribution >= 4 is 17.3 Å². The molecule has 8 heteroatoms. The molecule has 29 heavy (non-hydrogen) atoms. The number of rotatable bonds is 4. The molecule has 150 valence electrons. The first-order valence-electron chi connectivity index (χ1n) is 10.0. The molecule has 1 fully saturated rings. The van der Waals surface area contributed by atoms with E-state index in [-0.39, 0.29) is 17.9 Å². The first kappa shape index (κ1) is 17.9. The van der Waals surface area contributed by atoms with Crippen LogP contribution in [0.25, 0.3) is 5.52 Å². The number of aromatic nitrogens is 3. The normalized spacial score (nSPS) is 18.8. The predicted octanol–water partition coefficient (Wildman–Crippen LogP) is 1.77. The third kappa shape index (κ3) is 3.40. The van der Waals surface area contributed by atoms with E-state index >= 15 is 0 Å². The standard InChI is InChI=1S/C21H23N5O3/c27-20(22-11-16-5-3-9-29-16)19-17-13-26(8-6-18(17)23-24-19)21(28)14-10-15-4-1-2-7-25(15)12-14/h1-2,4,7,10,12,16H,3,5-6,8-9,11,13H2,(H,22,27)(H,23,24). The molecule has 3 aromatic rings. The van der Waals surface area contributed by atoms with E-state index in [1.54, 1.807) is 4.90 Å². The maximum Gasteiger partial charge on any atom is 0.269 e. The smallest absolute Gasteiger partial charge is 0.269 e. The van der Waals surface area contributed by atoms with Gasteiger partial charge in [-0.15, -0.1) is 0 Å². The van der Waals surface area contributed by atoms with Crippen molar-refractivity contribution < 1.29 is 14.3 Å². The Morgan fingerprint density at radius 2 is 2.28 bits per heavy atom. The summed E-state index contributed by atoms with van der Waals surface area (Å²) >= 11 is 0. The monoisotopic (exact) mass is 393 g/mol. The van der Waals surface area contributed by atoms with Gasteiger partial charge in [-0.3, -0.25) is 14.7 Å². The van der Waals surface area contributed by atoms with Gasteiger partial charge in [0.25, 0.3) is 11.8 Å². The van der Waals surface area contributed by atoms with Crippen molar-refractivity contribution in [3.05, 3.63) is 59.2 Å². The first-order chi connectivity index (χ1) is 14.2. The van der Waals surface area contributed by atoms with Crippen LogP contribution in [0.3, 0.4) is 0 Å². The number of carbonyl (C=O) groups is 2. The predicted molar refractivity (Wildman–Crippen MR) is 106 cm³/mol. The number of ether oxygens (including phenoxy) is 1. The lowest BCUT2D eigenvalue weighted by Gasteiger charge is -2.26. The van der Waals surface area contributed by atoms with E-state index in [1.807, 2.05) is 41.1 Å². The lowest BCUT2D eigenvalue weighted by atomic mass is 10.0. The van der Waals surface area contributed by atoms with Crippen molar-refractivity contribution in [3.8, 4) is 0 Å². The van der Waals surface area contributed by atoms with Gasteiger partial charge in [0, 0.05) is 49.6 Å². The van der Waals surface area contributed by atoms with Crippen LogP contribution in [0.4, 0.5) is 0 Å². The fourth-order valence-electron chi connectivity index (χ4n) is 4.11. The van der Waals surface area contributed by atoms with Crippen LogP contribution in [0.5, 0.6) is 0 Å². The van der Waals surface area contributed by atoms with Crippen LogP contribution in [0.15, 0.2) is 36.7 Å². The summed E-state index contributed by atoms with van der Waals surface area (Å²) in [5, 5.41) is 10.1. The molecule has 5 rings (SSSR count). The number of carbonyl (C=O) groups excluding carboxylic acids is 2. The quantitative estimate of drug-likeness (QED) is 0.707. The minimum atomic E-state index is -0.196. The van der Waals surface area contributed by atoms with E-state index in [0.717, 1.165) is 36.2 Å². The van der Waals surface area contributed by atoms with Crippen LogP contribution < -0.4 is 5.32 Å². The molecule has 3 aromatic heterocycles. The van der Waals surface area contributed by atoms with E-state index in [9.17, 15) is 9.59 Å². The summed E-state index contributed by atoms with van der Waals surface area (Å²) in [7, 11) is 0. The molecule has 0 saturated carbocycles. The summed E-state index contributed by atoms with van der Waals surface area (Å²) in [4.78, 5) is 27.5. The van der Waals surface area contributed by atoms with Crippen molar-refractivity contribution in [1.82, 2.24) is 24.8 Å². The van der Waals surface area contributed by atoms with Crippen LogP contribution in [0, 0.1) is 0 Å². The Balaban J connectivity index is 1.31. The lowest BCUT2D eigenvalue weighted by Crippen LogP contribution is -2.37. The zero-order valence-corrected chi connectivity index (χ0v) is 16.1. The number of hydrogen-bond acceptors (Lipinski definition) is 4. The van der Waals surface area contributed by atoms with Crippen molar-refractivity contribution in [2.45, 2.75) is 31.9 Å². The summed E-state index contributed by atoms with van der Waals surface area (Å²) in [6, 6.07) is 7.74. The van der Waals surface area contributed by atoms with Gasteiger partial charge in [0.05, 0.1) is 23.9 Å². The molecule has 5 heterocycles. The number of nitrogens with zero attached hydrogens (tertiary/aromatic N) is 3. The van der Waals surface area contributed by atoms with Gasteiger partial charge in [-0.2, -0.15) is 5.10 Å². The Labute approximate surface area is 167 Å². The number of amides is 2. The van der Waals surface area contributed by atoms with Crippen molar-refractivity contribution in [2.75, 3.05) is 19.7 Å². The second-order valence-electron chi connectivity index (χ2n) is 7.61. The second kappa shape index (κ2) is 7.36. The maximum absolute atomic E-state index is 13.0. The Morgan fingerprint density at radius 1 is 1.34 bits per heavy atom. The molecule has 0 spiro atoms. The third-order valence-electron chi connectivity index (χ3n) is 5.70. The Bertz CT molecular complexity index is 1030. The average molecular weight is 393 g/mol. The number of aromatic amines is 1.